The number of hydrogen-bond acceptors (Lipinski definition) is 5. The number of carbonyl (C=O) groups excluding carboxylic acids is 2. The van der Waals surface area contributed by atoms with Gasteiger partial charge in [0, 0.05) is 19.7 Å². The first-order chi connectivity index (χ1) is 9.56. The number of hydrazine groups is 1. The molecule has 7 nitrogen and oxygen atoms in total. The maximum Gasteiger partial charge on any atom is 0.260 e. The molecule has 0 spiro atoms. The maximum atomic E-state index is 11.4. The van der Waals surface area contributed by atoms with Crippen LogP contribution in [-0.2, 0) is 9.59 Å². The lowest BCUT2D eigenvalue weighted by Crippen LogP contribution is -2.47. The fourth-order valence-electron chi connectivity index (χ4n) is 1.51. The maximum absolute atomic E-state index is 11.4. The van der Waals surface area contributed by atoms with Gasteiger partial charge in [-0.05, 0) is 24.3 Å². The van der Waals surface area contributed by atoms with Gasteiger partial charge in [-0.1, -0.05) is 0 Å². The third-order valence-electron chi connectivity index (χ3n) is 2.69. The van der Waals surface area contributed by atoms with Gasteiger partial charge >= 0.3 is 0 Å². The van der Waals surface area contributed by atoms with Gasteiger partial charge in [0.1, 0.15) is 18.1 Å². The third kappa shape index (κ3) is 3.47. The standard InChI is InChI=1S/C13H16N4O3/c1-17(2)12(19)8-20-10-5-3-9(4-6-10)13-14-7-11(18)15-16-13/h3-6H,7-8H2,1-2H3,(H,14,16)(H,15,18). The zero-order chi connectivity index (χ0) is 14.5. The minimum atomic E-state index is -0.170. The lowest BCUT2D eigenvalue weighted by molar-refractivity contribution is -0.130. The quantitative estimate of drug-likeness (QED) is 0.779. The van der Waals surface area contributed by atoms with Crippen LogP contribution in [0.2, 0.25) is 0 Å². The van der Waals surface area contributed by atoms with E-state index in [0.29, 0.717) is 11.6 Å². The summed E-state index contributed by atoms with van der Waals surface area (Å²) in [6.45, 7) is 0.111. The van der Waals surface area contributed by atoms with Crippen molar-refractivity contribution in [3.8, 4) is 5.75 Å². The lowest BCUT2D eigenvalue weighted by Gasteiger charge is -2.16. The number of benzene rings is 1. The average molecular weight is 276 g/mol. The molecule has 1 heterocycles. The smallest absolute Gasteiger partial charge is 0.260 e. The molecule has 1 aromatic carbocycles. The molecule has 2 amide bonds. The summed E-state index contributed by atoms with van der Waals surface area (Å²) >= 11 is 0. The first kappa shape index (κ1) is 13.9. The zero-order valence-corrected chi connectivity index (χ0v) is 11.3. The molecule has 0 saturated carbocycles. The van der Waals surface area contributed by atoms with Crippen molar-refractivity contribution in [1.29, 1.82) is 0 Å². The van der Waals surface area contributed by atoms with Crippen molar-refractivity contribution in [2.75, 3.05) is 27.2 Å². The van der Waals surface area contributed by atoms with Gasteiger partial charge in [0.15, 0.2) is 6.61 Å². The van der Waals surface area contributed by atoms with Crippen LogP contribution in [0.1, 0.15) is 5.56 Å². The van der Waals surface area contributed by atoms with E-state index in [9.17, 15) is 9.59 Å². The number of amides is 2. The molecular weight excluding hydrogens is 260 g/mol. The molecule has 1 aromatic rings. The Morgan fingerprint density at radius 1 is 1.30 bits per heavy atom. The van der Waals surface area contributed by atoms with Crippen LogP contribution in [0.25, 0.3) is 0 Å². The molecule has 0 radical (unpaired) electrons. The van der Waals surface area contributed by atoms with E-state index in [1.165, 1.54) is 4.90 Å². The van der Waals surface area contributed by atoms with Crippen LogP contribution in [0.4, 0.5) is 0 Å². The van der Waals surface area contributed by atoms with Crippen LogP contribution in [0.5, 0.6) is 5.75 Å². The molecule has 0 aliphatic carbocycles. The molecule has 2 rings (SSSR count). The number of nitrogens with one attached hydrogen (secondary N) is 2. The van der Waals surface area contributed by atoms with Crippen LogP contribution in [0.15, 0.2) is 29.3 Å². The Kier molecular flexibility index (Phi) is 4.19. The van der Waals surface area contributed by atoms with Crippen molar-refractivity contribution in [2.24, 2.45) is 4.99 Å². The van der Waals surface area contributed by atoms with Crippen LogP contribution >= 0.6 is 0 Å². The van der Waals surface area contributed by atoms with E-state index < -0.39 is 0 Å². The number of amidine groups is 1. The Labute approximate surface area is 116 Å². The van der Waals surface area contributed by atoms with Gasteiger partial charge < -0.3 is 9.64 Å². The molecule has 2 N–H and O–H groups in total. The van der Waals surface area contributed by atoms with E-state index in [2.05, 4.69) is 15.8 Å². The van der Waals surface area contributed by atoms with Crippen LogP contribution in [0.3, 0.4) is 0 Å². The molecule has 0 atom stereocenters. The number of hydrogen-bond donors (Lipinski definition) is 2. The minimum absolute atomic E-state index is 0.00159. The summed E-state index contributed by atoms with van der Waals surface area (Å²) in [5, 5.41) is 0. The van der Waals surface area contributed by atoms with Crippen molar-refractivity contribution in [3.63, 3.8) is 0 Å². The van der Waals surface area contributed by atoms with E-state index in [4.69, 9.17) is 4.74 Å². The second-order valence-corrected chi connectivity index (χ2v) is 4.44. The minimum Gasteiger partial charge on any atom is -0.484 e. The predicted molar refractivity (Wildman–Crippen MR) is 73.3 cm³/mol. The SMILES string of the molecule is CN(C)C(=O)COc1ccc(C2=NCC(=O)NN2)cc1. The fraction of sp³-hybridized carbons (Fsp3) is 0.308. The van der Waals surface area contributed by atoms with Gasteiger partial charge in [-0.3, -0.25) is 25.4 Å². The Morgan fingerprint density at radius 3 is 2.55 bits per heavy atom. The van der Waals surface area contributed by atoms with Gasteiger partial charge in [-0.25, -0.2) is 0 Å². The highest BCUT2D eigenvalue weighted by Gasteiger charge is 2.11. The number of likely N-dealkylation sites (N-methyl/N-ethyl adjacent to an activating group) is 1. The molecule has 0 bridgehead atoms. The van der Waals surface area contributed by atoms with E-state index in [0.717, 1.165) is 5.56 Å². The predicted octanol–water partition coefficient (Wildman–Crippen LogP) is -0.465. The average Bonchev–Trinajstić information content (AvgIpc) is 2.46. The Bertz CT molecular complexity index is 537. The van der Waals surface area contributed by atoms with Crippen molar-refractivity contribution in [2.45, 2.75) is 0 Å². The first-order valence-corrected chi connectivity index (χ1v) is 6.09. The van der Waals surface area contributed by atoms with Gasteiger partial charge in [0.05, 0.1) is 0 Å². The Hall–Kier alpha value is -2.57. The van der Waals surface area contributed by atoms with Crippen molar-refractivity contribution >= 4 is 17.6 Å². The lowest BCUT2D eigenvalue weighted by atomic mass is 10.2. The van der Waals surface area contributed by atoms with Crippen molar-refractivity contribution < 1.29 is 14.3 Å². The summed E-state index contributed by atoms with van der Waals surface area (Å²) in [6, 6.07) is 7.11. The number of aliphatic imine (C=N–C) groups is 1. The van der Waals surface area contributed by atoms with Crippen LogP contribution < -0.4 is 15.6 Å². The molecular formula is C13H16N4O3. The van der Waals surface area contributed by atoms with E-state index in [1.54, 1.807) is 38.4 Å². The second-order valence-electron chi connectivity index (χ2n) is 4.44. The van der Waals surface area contributed by atoms with Crippen LogP contribution in [0, 0.1) is 0 Å². The highest BCUT2D eigenvalue weighted by atomic mass is 16.5. The zero-order valence-electron chi connectivity index (χ0n) is 11.3. The molecule has 0 aromatic heterocycles. The van der Waals surface area contributed by atoms with Crippen molar-refractivity contribution in [1.82, 2.24) is 15.8 Å². The number of nitrogens with zero attached hydrogens (tertiary/aromatic N) is 2. The molecule has 20 heavy (non-hydrogen) atoms. The molecule has 0 unspecified atom stereocenters. The first-order valence-electron chi connectivity index (χ1n) is 6.09. The third-order valence-corrected chi connectivity index (χ3v) is 2.69. The monoisotopic (exact) mass is 276 g/mol. The fourth-order valence-corrected chi connectivity index (χ4v) is 1.51. The number of rotatable bonds is 4. The molecule has 106 valence electrons. The number of carbonyl (C=O) groups is 2. The molecule has 1 aliphatic rings. The molecule has 1 aliphatic heterocycles. The molecule has 0 saturated heterocycles. The van der Waals surface area contributed by atoms with E-state index in [1.807, 2.05) is 0 Å². The summed E-state index contributed by atoms with van der Waals surface area (Å²) < 4.78 is 5.37. The van der Waals surface area contributed by atoms with Gasteiger partial charge in [-0.15, -0.1) is 0 Å². The number of ether oxygens (including phenoxy) is 1. The summed E-state index contributed by atoms with van der Waals surface area (Å²) in [5.74, 6) is 0.927. The van der Waals surface area contributed by atoms with Gasteiger partial charge in [0.2, 0.25) is 0 Å². The second kappa shape index (κ2) is 6.05. The summed E-state index contributed by atoms with van der Waals surface area (Å²) in [6.07, 6.45) is 0. The summed E-state index contributed by atoms with van der Waals surface area (Å²) in [5.41, 5.74) is 6.05. The molecule has 7 heteroatoms. The van der Waals surface area contributed by atoms with Gasteiger partial charge in [-0.2, -0.15) is 0 Å². The summed E-state index contributed by atoms with van der Waals surface area (Å²) in [4.78, 5) is 27.9. The van der Waals surface area contributed by atoms with E-state index >= 15 is 0 Å². The van der Waals surface area contributed by atoms with E-state index in [-0.39, 0.29) is 25.0 Å². The Balaban J connectivity index is 1.96. The van der Waals surface area contributed by atoms with Crippen molar-refractivity contribution in [3.05, 3.63) is 29.8 Å². The summed E-state index contributed by atoms with van der Waals surface area (Å²) in [7, 11) is 3.35. The highest BCUT2D eigenvalue weighted by molar-refractivity contribution is 6.02. The van der Waals surface area contributed by atoms with Crippen LogP contribution in [-0.4, -0.2) is 49.8 Å². The largest absolute Gasteiger partial charge is 0.484 e. The normalized spacial score (nSPS) is 13.9. The highest BCUT2D eigenvalue weighted by Crippen LogP contribution is 2.12. The van der Waals surface area contributed by atoms with Gasteiger partial charge in [0.25, 0.3) is 11.8 Å². The molecule has 0 fully saturated rings. The topological polar surface area (TPSA) is 83.0 Å². The Morgan fingerprint density at radius 2 is 2.00 bits per heavy atom.